The monoisotopic (exact) mass is 391 g/mol. The van der Waals surface area contributed by atoms with Gasteiger partial charge in [0.05, 0.1) is 10.8 Å². The summed E-state index contributed by atoms with van der Waals surface area (Å²) in [7, 11) is 0. The zero-order valence-electron chi connectivity index (χ0n) is 18.0. The number of hydrogen-bond donors (Lipinski definition) is 2. The lowest BCUT2D eigenvalue weighted by Gasteiger charge is -2.20. The maximum atomic E-state index is 11.1. The van der Waals surface area contributed by atoms with Crippen molar-refractivity contribution >= 4 is 33.3 Å². The van der Waals surface area contributed by atoms with Crippen molar-refractivity contribution in [2.24, 2.45) is 0 Å². The summed E-state index contributed by atoms with van der Waals surface area (Å²) in [6.45, 7) is 12.7. The second-order valence-electron chi connectivity index (χ2n) is 8.17. The zero-order chi connectivity index (χ0) is 20.1. The van der Waals surface area contributed by atoms with E-state index in [2.05, 4.69) is 41.5 Å². The molecule has 2 N–H and O–H groups in total. The standard InChI is InChI=1S/C23H37NO2S/c1-7-9-10-11-12-14-17(13-8-2)24-22(25)18-19(23(24)26)21(16(5)6)27-20(18)15(3)4/h17,25-26H,7-14H2,1-6H3. The average Bonchev–Trinajstić information content (AvgIpc) is 3.12. The van der Waals surface area contributed by atoms with Gasteiger partial charge in [-0.15, -0.1) is 11.3 Å². The summed E-state index contributed by atoms with van der Waals surface area (Å²) in [6, 6.07) is 0.157. The Morgan fingerprint density at radius 3 is 1.74 bits per heavy atom. The largest absolute Gasteiger partial charge is 0.494 e. The summed E-state index contributed by atoms with van der Waals surface area (Å²) in [6.07, 6.45) is 9.21. The number of hydrogen-bond acceptors (Lipinski definition) is 3. The summed E-state index contributed by atoms with van der Waals surface area (Å²) in [5.74, 6) is 0.490. The van der Waals surface area contributed by atoms with E-state index in [4.69, 9.17) is 0 Å². The first-order chi connectivity index (χ1) is 12.8. The van der Waals surface area contributed by atoms with E-state index in [0.717, 1.165) is 45.5 Å². The molecule has 2 heterocycles. The molecule has 0 spiro atoms. The van der Waals surface area contributed by atoms with Crippen molar-refractivity contribution < 1.29 is 10.2 Å². The van der Waals surface area contributed by atoms with Crippen LogP contribution >= 0.6 is 11.3 Å². The fourth-order valence-electron chi connectivity index (χ4n) is 3.97. The van der Waals surface area contributed by atoms with Gasteiger partial charge in [-0.2, -0.15) is 0 Å². The number of thiophene rings is 1. The third-order valence-corrected chi connectivity index (χ3v) is 6.98. The van der Waals surface area contributed by atoms with E-state index in [-0.39, 0.29) is 17.8 Å². The molecule has 2 aromatic rings. The predicted molar refractivity (Wildman–Crippen MR) is 119 cm³/mol. The van der Waals surface area contributed by atoms with Crippen molar-refractivity contribution in [3.05, 3.63) is 9.06 Å². The molecule has 4 heteroatoms. The van der Waals surface area contributed by atoms with Gasteiger partial charge in [0.15, 0.2) is 0 Å². The lowest BCUT2D eigenvalue weighted by molar-refractivity contribution is 0.308. The van der Waals surface area contributed by atoms with Crippen LogP contribution in [0.25, 0.3) is 21.9 Å². The van der Waals surface area contributed by atoms with Crippen molar-refractivity contribution in [2.45, 2.75) is 99.0 Å². The number of fused-ring (bicyclic) bond motifs is 1. The molecule has 0 aliphatic heterocycles. The molecule has 0 aliphatic rings. The minimum absolute atomic E-state index is 0.157. The maximum Gasteiger partial charge on any atom is 0.203 e. The molecule has 3 nitrogen and oxygen atoms in total. The molecule has 152 valence electrons. The van der Waals surface area contributed by atoms with Crippen LogP contribution in [0, 0.1) is 0 Å². The van der Waals surface area contributed by atoms with E-state index in [0.29, 0.717) is 0 Å². The van der Waals surface area contributed by atoms with Crippen LogP contribution in [0.1, 0.15) is 99.0 Å². The third kappa shape index (κ3) is 4.53. The van der Waals surface area contributed by atoms with E-state index in [1.54, 1.807) is 11.3 Å². The highest BCUT2D eigenvalue weighted by Gasteiger charge is 2.25. The van der Waals surface area contributed by atoms with E-state index in [1.165, 1.54) is 36.8 Å². The maximum absolute atomic E-state index is 11.1. The quantitative estimate of drug-likeness (QED) is 0.500. The normalized spacial score (nSPS) is 12.7. The second kappa shape index (κ2) is 9.68. The van der Waals surface area contributed by atoms with Gasteiger partial charge in [0.25, 0.3) is 0 Å². The Morgan fingerprint density at radius 1 is 0.778 bits per heavy atom. The van der Waals surface area contributed by atoms with Gasteiger partial charge < -0.3 is 10.2 Å². The second-order valence-corrected chi connectivity index (χ2v) is 9.19. The van der Waals surface area contributed by atoms with E-state index >= 15 is 0 Å². The molecule has 0 bridgehead atoms. The van der Waals surface area contributed by atoms with E-state index in [1.807, 2.05) is 4.57 Å². The van der Waals surface area contributed by atoms with Crippen molar-refractivity contribution in [3.8, 4) is 11.8 Å². The highest BCUT2D eigenvalue weighted by atomic mass is 32.1. The topological polar surface area (TPSA) is 45.4 Å². The van der Waals surface area contributed by atoms with Crippen LogP contribution < -0.4 is 9.06 Å². The predicted octanol–water partition coefficient (Wildman–Crippen LogP) is 6.20. The molecule has 0 amide bonds. The molecular formula is C23H37NO2S. The molecular weight excluding hydrogens is 354 g/mol. The molecule has 0 aliphatic carbocycles. The van der Waals surface area contributed by atoms with Crippen LogP contribution in [0.2, 0.25) is 0 Å². The highest BCUT2D eigenvalue weighted by Crippen LogP contribution is 2.40. The van der Waals surface area contributed by atoms with Gasteiger partial charge in [0, 0.05) is 15.1 Å². The molecule has 0 saturated carbocycles. The molecule has 2 rings (SSSR count). The third-order valence-electron chi connectivity index (χ3n) is 5.35. The molecule has 0 saturated heterocycles. The summed E-state index contributed by atoms with van der Waals surface area (Å²) in [4.78, 5) is 0. The van der Waals surface area contributed by atoms with Gasteiger partial charge in [0.1, 0.15) is 0 Å². The Balaban J connectivity index is 2.55. The Morgan fingerprint density at radius 2 is 1.30 bits per heavy atom. The fraction of sp³-hybridized carbons (Fsp3) is 0.652. The Bertz CT molecular complexity index is 821. The Labute approximate surface area is 168 Å². The minimum atomic E-state index is 0.157. The number of aromatic hydroxyl groups is 2. The van der Waals surface area contributed by atoms with Crippen LogP contribution in [0.5, 0.6) is 11.8 Å². The number of aromatic nitrogens is 1. The van der Waals surface area contributed by atoms with Crippen molar-refractivity contribution in [1.82, 2.24) is 4.57 Å². The molecule has 0 fully saturated rings. The summed E-state index contributed by atoms with van der Waals surface area (Å²) >= 11 is 1.68. The van der Waals surface area contributed by atoms with Crippen molar-refractivity contribution in [1.29, 1.82) is 0 Å². The molecule has 0 aromatic carbocycles. The van der Waals surface area contributed by atoms with Gasteiger partial charge in [-0.25, -0.2) is 0 Å². The summed E-state index contributed by atoms with van der Waals surface area (Å²) in [5.41, 5.74) is 2.35. The lowest BCUT2D eigenvalue weighted by Crippen LogP contribution is -2.10. The molecule has 0 radical (unpaired) electrons. The highest BCUT2D eigenvalue weighted by molar-refractivity contribution is 7.09. The van der Waals surface area contributed by atoms with Gasteiger partial charge in [0.2, 0.25) is 11.8 Å². The first kappa shape index (κ1) is 21.9. The van der Waals surface area contributed by atoms with E-state index in [9.17, 15) is 10.2 Å². The Kier molecular flexibility index (Phi) is 7.84. The first-order valence-corrected chi connectivity index (χ1v) is 11.4. The Hall–Kier alpha value is -1.42. The number of rotatable bonds is 9. The SMILES string of the molecule is CCCCCCCC(CCC)n1c(O)c2c(=C(C)C)sc(=C(C)C)c2c1O. The summed E-state index contributed by atoms with van der Waals surface area (Å²) < 4.78 is 4.00. The lowest BCUT2D eigenvalue weighted by atomic mass is 10.0. The average molecular weight is 392 g/mol. The van der Waals surface area contributed by atoms with Gasteiger partial charge in [-0.05, 0) is 40.5 Å². The fourth-order valence-corrected chi connectivity index (χ4v) is 5.17. The van der Waals surface area contributed by atoms with Gasteiger partial charge in [-0.3, -0.25) is 4.57 Å². The van der Waals surface area contributed by atoms with Crippen LogP contribution in [0.3, 0.4) is 0 Å². The van der Waals surface area contributed by atoms with Crippen LogP contribution in [-0.2, 0) is 0 Å². The molecule has 1 atom stereocenters. The van der Waals surface area contributed by atoms with Crippen LogP contribution in [-0.4, -0.2) is 14.8 Å². The van der Waals surface area contributed by atoms with Crippen LogP contribution in [0.15, 0.2) is 0 Å². The van der Waals surface area contributed by atoms with Crippen molar-refractivity contribution in [2.75, 3.05) is 0 Å². The van der Waals surface area contributed by atoms with Crippen LogP contribution in [0.4, 0.5) is 0 Å². The zero-order valence-corrected chi connectivity index (χ0v) is 18.8. The van der Waals surface area contributed by atoms with E-state index < -0.39 is 0 Å². The van der Waals surface area contributed by atoms with Gasteiger partial charge in [-0.1, -0.05) is 63.5 Å². The smallest absolute Gasteiger partial charge is 0.203 e. The molecule has 2 aromatic heterocycles. The summed E-state index contributed by atoms with van der Waals surface area (Å²) in [5, 5.41) is 23.9. The minimum Gasteiger partial charge on any atom is -0.494 e. The molecule has 27 heavy (non-hydrogen) atoms. The number of unbranched alkanes of at least 4 members (excludes halogenated alkanes) is 4. The first-order valence-electron chi connectivity index (χ1n) is 10.5. The number of nitrogens with zero attached hydrogens (tertiary/aromatic N) is 1. The van der Waals surface area contributed by atoms with Gasteiger partial charge >= 0.3 is 0 Å². The van der Waals surface area contributed by atoms with Crippen molar-refractivity contribution in [3.63, 3.8) is 0 Å². The molecule has 1 unspecified atom stereocenters.